The van der Waals surface area contributed by atoms with Gasteiger partial charge in [0.15, 0.2) is 0 Å². The molecule has 27 heavy (non-hydrogen) atoms. The van der Waals surface area contributed by atoms with Crippen molar-refractivity contribution in [1.82, 2.24) is 14.1 Å². The molecule has 1 aromatic rings. The van der Waals surface area contributed by atoms with Crippen LogP contribution in [0.2, 0.25) is 5.02 Å². The number of hydrogen-bond acceptors (Lipinski definition) is 5. The van der Waals surface area contributed by atoms with Crippen LogP contribution < -0.4 is 0 Å². The highest BCUT2D eigenvalue weighted by molar-refractivity contribution is 7.89. The Morgan fingerprint density at radius 1 is 1.07 bits per heavy atom. The zero-order valence-corrected chi connectivity index (χ0v) is 16.7. The Hall–Kier alpha value is -1.19. The van der Waals surface area contributed by atoms with E-state index in [0.717, 1.165) is 13.1 Å². The number of morpholine rings is 1. The summed E-state index contributed by atoms with van der Waals surface area (Å²) in [6.45, 7) is 3.54. The summed E-state index contributed by atoms with van der Waals surface area (Å²) in [7, 11) is -3.76. The van der Waals surface area contributed by atoms with Crippen molar-refractivity contribution in [1.29, 1.82) is 0 Å². The molecule has 1 atom stereocenters. The lowest BCUT2D eigenvalue weighted by atomic mass is 10.2. The molecule has 148 valence electrons. The topological polar surface area (TPSA) is 70.2 Å². The van der Waals surface area contributed by atoms with Gasteiger partial charge >= 0.3 is 0 Å². The van der Waals surface area contributed by atoms with E-state index in [2.05, 4.69) is 4.90 Å². The Morgan fingerprint density at radius 2 is 1.78 bits per heavy atom. The van der Waals surface area contributed by atoms with Crippen molar-refractivity contribution in [2.45, 2.75) is 29.9 Å². The summed E-state index contributed by atoms with van der Waals surface area (Å²) in [6.07, 6.45) is 1.76. The van der Waals surface area contributed by atoms with E-state index in [1.807, 2.05) is 0 Å². The van der Waals surface area contributed by atoms with Gasteiger partial charge in [-0.2, -0.15) is 4.31 Å². The number of benzene rings is 1. The number of rotatable bonds is 4. The molecular weight excluding hydrogens is 390 g/mol. The molecule has 1 unspecified atom stereocenters. The Bertz CT molecular complexity index is 807. The monoisotopic (exact) mass is 413 g/mol. The molecule has 9 heteroatoms. The summed E-state index contributed by atoms with van der Waals surface area (Å²) < 4.78 is 32.8. The zero-order valence-electron chi connectivity index (χ0n) is 15.1. The van der Waals surface area contributed by atoms with Crippen molar-refractivity contribution in [3.8, 4) is 0 Å². The minimum absolute atomic E-state index is 0.0230. The van der Waals surface area contributed by atoms with Crippen LogP contribution in [-0.4, -0.2) is 86.5 Å². The third kappa shape index (κ3) is 4.00. The highest BCUT2D eigenvalue weighted by Crippen LogP contribution is 2.28. The van der Waals surface area contributed by atoms with Crippen molar-refractivity contribution < 1.29 is 17.9 Å². The van der Waals surface area contributed by atoms with Gasteiger partial charge in [-0.25, -0.2) is 8.42 Å². The molecule has 2 aliphatic heterocycles. The second-order valence-electron chi connectivity index (χ2n) is 7.25. The largest absolute Gasteiger partial charge is 0.366 e. The Kier molecular flexibility index (Phi) is 5.44. The second kappa shape index (κ2) is 7.67. The van der Waals surface area contributed by atoms with Crippen LogP contribution in [-0.2, 0) is 19.6 Å². The smallest absolute Gasteiger partial charge is 0.253 e. The van der Waals surface area contributed by atoms with Gasteiger partial charge in [-0.3, -0.25) is 9.69 Å². The van der Waals surface area contributed by atoms with E-state index in [4.69, 9.17) is 16.3 Å². The van der Waals surface area contributed by atoms with Gasteiger partial charge in [-0.15, -0.1) is 0 Å². The molecule has 0 aromatic heterocycles. The lowest BCUT2D eigenvalue weighted by molar-refractivity contribution is -0.149. The highest BCUT2D eigenvalue weighted by Gasteiger charge is 2.38. The molecule has 4 rings (SSSR count). The van der Waals surface area contributed by atoms with Gasteiger partial charge in [0, 0.05) is 45.3 Å². The molecular formula is C18H24ClN3O4S. The van der Waals surface area contributed by atoms with E-state index >= 15 is 0 Å². The fourth-order valence-electron chi connectivity index (χ4n) is 3.74. The average molecular weight is 414 g/mol. The van der Waals surface area contributed by atoms with E-state index in [0.29, 0.717) is 19.1 Å². The Morgan fingerprint density at radius 3 is 2.44 bits per heavy atom. The Labute approximate surface area is 164 Å². The lowest BCUT2D eigenvalue weighted by Crippen LogP contribution is -2.56. The number of halogens is 1. The van der Waals surface area contributed by atoms with Gasteiger partial charge in [0.1, 0.15) is 11.0 Å². The van der Waals surface area contributed by atoms with Crippen molar-refractivity contribution in [2.24, 2.45) is 0 Å². The molecule has 0 radical (unpaired) electrons. The summed E-state index contributed by atoms with van der Waals surface area (Å²) in [5.41, 5.74) is 0. The molecule has 0 spiro atoms. The van der Waals surface area contributed by atoms with Gasteiger partial charge in [0.25, 0.3) is 5.91 Å². The third-order valence-electron chi connectivity index (χ3n) is 5.45. The maximum Gasteiger partial charge on any atom is 0.253 e. The molecule has 0 bridgehead atoms. The van der Waals surface area contributed by atoms with Crippen LogP contribution in [0.4, 0.5) is 0 Å². The number of sulfonamides is 1. The van der Waals surface area contributed by atoms with Crippen LogP contribution in [0.3, 0.4) is 0 Å². The number of piperazine rings is 1. The number of ether oxygens (including phenoxy) is 1. The standard InChI is InChI=1S/C18H24ClN3O4S/c19-15-3-1-2-4-17(15)27(24,25)22-11-12-26-16(13-22)18(23)21-9-7-20(8-10-21)14-5-6-14/h1-4,14,16H,5-13H2. The number of carbonyl (C=O) groups is 1. The van der Waals surface area contributed by atoms with Gasteiger partial charge in [-0.1, -0.05) is 23.7 Å². The molecule has 3 aliphatic rings. The van der Waals surface area contributed by atoms with Crippen molar-refractivity contribution in [3.63, 3.8) is 0 Å². The van der Waals surface area contributed by atoms with E-state index in [1.165, 1.54) is 23.2 Å². The van der Waals surface area contributed by atoms with E-state index in [-0.39, 0.29) is 35.5 Å². The predicted octanol–water partition coefficient (Wildman–Crippen LogP) is 1.04. The minimum atomic E-state index is -3.76. The first-order valence-corrected chi connectivity index (χ1v) is 11.2. The van der Waals surface area contributed by atoms with Crippen LogP contribution in [0.5, 0.6) is 0 Å². The third-order valence-corrected chi connectivity index (χ3v) is 7.81. The maximum absolute atomic E-state index is 12.9. The van der Waals surface area contributed by atoms with Crippen LogP contribution in [0.25, 0.3) is 0 Å². The first-order valence-electron chi connectivity index (χ1n) is 9.36. The summed E-state index contributed by atoms with van der Waals surface area (Å²) in [5.74, 6) is -0.121. The minimum Gasteiger partial charge on any atom is -0.366 e. The van der Waals surface area contributed by atoms with Crippen molar-refractivity contribution in [3.05, 3.63) is 29.3 Å². The molecule has 1 amide bonds. The van der Waals surface area contributed by atoms with Crippen molar-refractivity contribution in [2.75, 3.05) is 45.9 Å². The molecule has 3 fully saturated rings. The zero-order chi connectivity index (χ0) is 19.0. The number of amides is 1. The van der Waals surface area contributed by atoms with E-state index in [1.54, 1.807) is 23.1 Å². The maximum atomic E-state index is 12.9. The second-order valence-corrected chi connectivity index (χ2v) is 9.56. The summed E-state index contributed by atoms with van der Waals surface area (Å²) in [6, 6.07) is 7.07. The number of hydrogen-bond donors (Lipinski definition) is 0. The molecule has 7 nitrogen and oxygen atoms in total. The van der Waals surface area contributed by atoms with Crippen molar-refractivity contribution >= 4 is 27.5 Å². The van der Waals surface area contributed by atoms with Gasteiger partial charge in [0.05, 0.1) is 11.6 Å². The van der Waals surface area contributed by atoms with Crippen LogP contribution in [0.1, 0.15) is 12.8 Å². The highest BCUT2D eigenvalue weighted by atomic mass is 35.5. The molecule has 1 saturated carbocycles. The fourth-order valence-corrected chi connectivity index (χ4v) is 5.66. The number of carbonyl (C=O) groups excluding carboxylic acids is 1. The molecule has 0 N–H and O–H groups in total. The normalized spacial score (nSPS) is 25.5. The quantitative estimate of drug-likeness (QED) is 0.737. The Balaban J connectivity index is 1.42. The fraction of sp³-hybridized carbons (Fsp3) is 0.611. The van der Waals surface area contributed by atoms with Gasteiger partial charge in [-0.05, 0) is 25.0 Å². The van der Waals surface area contributed by atoms with Crippen LogP contribution >= 0.6 is 11.6 Å². The van der Waals surface area contributed by atoms with Crippen LogP contribution in [0, 0.1) is 0 Å². The molecule has 1 aromatic carbocycles. The average Bonchev–Trinajstić information content (AvgIpc) is 3.53. The molecule has 2 saturated heterocycles. The van der Waals surface area contributed by atoms with Crippen LogP contribution in [0.15, 0.2) is 29.2 Å². The summed E-state index contributed by atoms with van der Waals surface area (Å²) >= 11 is 6.08. The lowest BCUT2D eigenvalue weighted by Gasteiger charge is -2.38. The van der Waals surface area contributed by atoms with Gasteiger partial charge in [0.2, 0.25) is 10.0 Å². The first-order chi connectivity index (χ1) is 13.0. The predicted molar refractivity (Wildman–Crippen MR) is 101 cm³/mol. The SMILES string of the molecule is O=C(C1CN(S(=O)(=O)c2ccccc2Cl)CCO1)N1CCN(C2CC2)CC1. The number of nitrogens with zero attached hydrogens (tertiary/aromatic N) is 3. The first kappa shape index (κ1) is 19.1. The van der Waals surface area contributed by atoms with Gasteiger partial charge < -0.3 is 9.64 Å². The molecule has 2 heterocycles. The van der Waals surface area contributed by atoms with E-state index in [9.17, 15) is 13.2 Å². The summed E-state index contributed by atoms with van der Waals surface area (Å²) in [5, 5.41) is 0.183. The molecule has 1 aliphatic carbocycles. The summed E-state index contributed by atoms with van der Waals surface area (Å²) in [4.78, 5) is 17.2. The van der Waals surface area contributed by atoms with E-state index < -0.39 is 16.1 Å².